The average Bonchev–Trinajstić information content (AvgIpc) is 1.69. The van der Waals surface area contributed by atoms with Gasteiger partial charge in [-0.3, -0.25) is 24.0 Å². The first-order valence-corrected chi connectivity index (χ1v) is 51.7. The Morgan fingerprint density at radius 1 is 0.449 bits per heavy atom. The van der Waals surface area contributed by atoms with Crippen molar-refractivity contribution in [3.8, 4) is 0 Å². The van der Waals surface area contributed by atoms with Crippen LogP contribution in [0.2, 0.25) is 0 Å². The van der Waals surface area contributed by atoms with Crippen LogP contribution in [-0.4, -0.2) is 236 Å². The molecular weight excluding hydrogens is 1740 g/mol. The molecule has 2 aliphatic rings. The Morgan fingerprint density at radius 2 is 0.890 bits per heavy atom. The number of nitrogens with zero attached hydrogens (tertiary/aromatic N) is 5. The molecule has 1 aliphatic heterocycles. The SMILES string of the molecule is CC(C)CCOCC(COCCC(C)C)(COCCn1cc(CC(COC(=O)OC(C)OC(=O)CCC/C=C\C[C@@H]2[C@@H](CC[C@@H](O)CCc3ccccc3)[C@H](O)C[C@@H]2O)CC2=CC(CCCCCC(=O)OCCOCC(COCCOC(=O)CCCCCC(C)(C)C)(COCCOC(=O)CCCCCC(C)(C)C)COCCOC(=O)CCCCCC(C)(C)C)N=N2)nn1)COCCC(C)(C)C. The summed E-state index contributed by atoms with van der Waals surface area (Å²) in [6, 6.07) is 9.81. The third-order valence-corrected chi connectivity index (χ3v) is 24.3. The first kappa shape index (κ1) is 122. The summed E-state index contributed by atoms with van der Waals surface area (Å²) >= 11 is 0. The van der Waals surface area contributed by atoms with Gasteiger partial charge in [0.2, 0.25) is 6.29 Å². The van der Waals surface area contributed by atoms with Crippen LogP contribution < -0.4 is 0 Å². The van der Waals surface area contributed by atoms with Gasteiger partial charge < -0.3 is 86.4 Å². The number of carbonyl (C=O) groups is 6. The van der Waals surface area contributed by atoms with Crippen LogP contribution in [0, 0.1) is 62.1 Å². The topological polar surface area (TPSA) is 357 Å². The maximum Gasteiger partial charge on any atom is 0.511 e. The molecule has 782 valence electrons. The number of allylic oxidation sites excluding steroid dienone is 3. The number of aliphatic hydroxyl groups excluding tert-OH is 3. The normalized spacial score (nSPS) is 16.9. The molecule has 2 aromatic rings. The van der Waals surface area contributed by atoms with Crippen molar-refractivity contribution >= 4 is 36.0 Å². The standard InChI is InChI=1S/C107H185N5O24/c1-83(2)50-57-122-75-106(76-123-58-51-84(3)4,77-124-59-55-105(15,16)17)78-125-60-56-112-73-90(110-111-112)70-87(74-134-101(121)136-85(5)135-100(120)45-29-19-18-28-40-92-93(95(115)72-94(92)114)49-48-91(113)47-46-86-37-25-20-26-38-86)69-89-71-88(108-109-89)39-27-21-30-41-96(116)130-65-61-126-79-107(80-127-62-66-131-97(117)42-31-22-34-52-102(6,7)8,81-128-63-67-132-98(118)43-32-23-35-53-103(9,10)11)82-129-64-68-133-99(119)44-33-24-36-54-104(12,13)14/h18,20,25-26,28,37-38,71,73,83-85,87-88,91-95,113-115H,19,21-24,27,29-36,39-70,72,74-82H2,1-17H3/b28-18-/t85?,87?,88?,91-,92+,93+,94-,95+/m0/s1. The fourth-order valence-corrected chi connectivity index (χ4v) is 16.0. The van der Waals surface area contributed by atoms with Crippen molar-refractivity contribution in [3.63, 3.8) is 0 Å². The molecule has 1 aliphatic carbocycles. The van der Waals surface area contributed by atoms with Crippen molar-refractivity contribution in [2.45, 2.75) is 373 Å². The van der Waals surface area contributed by atoms with E-state index in [0.717, 1.165) is 116 Å². The molecule has 3 unspecified atom stereocenters. The van der Waals surface area contributed by atoms with Gasteiger partial charge >= 0.3 is 36.0 Å². The number of esters is 5. The Hall–Kier alpha value is -6.38. The second-order valence-electron chi connectivity index (χ2n) is 43.9. The first-order chi connectivity index (χ1) is 64.7. The summed E-state index contributed by atoms with van der Waals surface area (Å²) in [6.07, 6.45) is 26.9. The highest BCUT2D eigenvalue weighted by Gasteiger charge is 2.41. The van der Waals surface area contributed by atoms with E-state index in [-0.39, 0.29) is 168 Å². The van der Waals surface area contributed by atoms with Crippen LogP contribution in [0.3, 0.4) is 0 Å². The Bertz CT molecular complexity index is 3450. The molecule has 29 heteroatoms. The number of hydrogen-bond acceptors (Lipinski definition) is 28. The zero-order valence-corrected chi connectivity index (χ0v) is 87.2. The molecule has 3 N–H and O–H groups in total. The van der Waals surface area contributed by atoms with Gasteiger partial charge in [0.25, 0.3) is 0 Å². The van der Waals surface area contributed by atoms with Crippen molar-refractivity contribution in [1.29, 1.82) is 0 Å². The van der Waals surface area contributed by atoms with E-state index in [0.29, 0.717) is 173 Å². The zero-order chi connectivity index (χ0) is 99.9. The summed E-state index contributed by atoms with van der Waals surface area (Å²) in [5.74, 6) is -1.46. The van der Waals surface area contributed by atoms with Crippen molar-refractivity contribution < 1.29 is 115 Å². The number of aryl methyl sites for hydroxylation is 1. The third-order valence-electron chi connectivity index (χ3n) is 24.3. The fraction of sp³-hybridized carbons (Fsp3) is 0.832. The van der Waals surface area contributed by atoms with Crippen LogP contribution in [0.25, 0.3) is 0 Å². The van der Waals surface area contributed by atoms with Crippen LogP contribution in [0.1, 0.15) is 334 Å². The van der Waals surface area contributed by atoms with Gasteiger partial charge in [0.15, 0.2) is 0 Å². The number of benzene rings is 1. The van der Waals surface area contributed by atoms with Crippen molar-refractivity contribution in [2.24, 2.45) is 72.3 Å². The summed E-state index contributed by atoms with van der Waals surface area (Å²) < 4.78 is 91.2. The molecule has 1 saturated carbocycles. The molecule has 0 spiro atoms. The molecule has 0 bridgehead atoms. The van der Waals surface area contributed by atoms with Gasteiger partial charge in [0.1, 0.15) is 26.4 Å². The molecule has 29 nitrogen and oxygen atoms in total. The van der Waals surface area contributed by atoms with Gasteiger partial charge in [0, 0.05) is 71.0 Å². The number of aliphatic hydroxyl groups is 3. The average molecular weight is 1930 g/mol. The molecule has 8 atom stereocenters. The predicted octanol–water partition coefficient (Wildman–Crippen LogP) is 20.6. The lowest BCUT2D eigenvalue weighted by Crippen LogP contribution is -2.43. The minimum Gasteiger partial charge on any atom is -0.463 e. The quantitative estimate of drug-likeness (QED) is 0.0182. The Kier molecular flexibility index (Phi) is 62.3. The molecule has 136 heavy (non-hydrogen) atoms. The second kappa shape index (κ2) is 69.5. The maximum atomic E-state index is 13.4. The van der Waals surface area contributed by atoms with Crippen LogP contribution in [0.5, 0.6) is 0 Å². The van der Waals surface area contributed by atoms with E-state index in [1.165, 1.54) is 12.5 Å². The van der Waals surface area contributed by atoms with Crippen molar-refractivity contribution in [1.82, 2.24) is 15.0 Å². The van der Waals surface area contributed by atoms with Gasteiger partial charge in [-0.1, -0.05) is 210 Å². The highest BCUT2D eigenvalue weighted by Crippen LogP contribution is 2.39. The molecule has 1 aromatic heterocycles. The molecule has 2 heterocycles. The number of hydrogen-bond donors (Lipinski definition) is 3. The number of ether oxygens (including phenoxy) is 15. The molecule has 1 fully saturated rings. The van der Waals surface area contributed by atoms with E-state index in [1.807, 2.05) is 54.8 Å². The maximum absolute atomic E-state index is 13.4. The molecular formula is C107H185N5O24. The highest BCUT2D eigenvalue weighted by atomic mass is 16.8. The van der Waals surface area contributed by atoms with E-state index < -0.39 is 47.6 Å². The number of unbranched alkanes of at least 4 members (excludes halogenated alkanes) is 9. The fourth-order valence-electron chi connectivity index (χ4n) is 16.0. The zero-order valence-electron chi connectivity index (χ0n) is 87.2. The monoisotopic (exact) mass is 1920 g/mol. The largest absolute Gasteiger partial charge is 0.511 e. The lowest BCUT2D eigenvalue weighted by atomic mass is 9.85. The third kappa shape index (κ3) is 63.4. The lowest BCUT2D eigenvalue weighted by molar-refractivity contribution is -0.168. The van der Waals surface area contributed by atoms with E-state index >= 15 is 0 Å². The van der Waals surface area contributed by atoms with Crippen LogP contribution in [-0.2, 0) is 114 Å². The summed E-state index contributed by atoms with van der Waals surface area (Å²) in [5.41, 5.74) is 1.82. The summed E-state index contributed by atoms with van der Waals surface area (Å²) in [5, 5.41) is 50.7. The van der Waals surface area contributed by atoms with Gasteiger partial charge in [-0.05, 0) is 192 Å². The summed E-state index contributed by atoms with van der Waals surface area (Å²) in [6.45, 7) is 41.4. The molecule has 0 amide bonds. The van der Waals surface area contributed by atoms with Crippen LogP contribution in [0.15, 0.2) is 70.7 Å². The number of rotatable bonds is 80. The van der Waals surface area contributed by atoms with E-state index in [4.69, 9.17) is 71.1 Å². The smallest absolute Gasteiger partial charge is 0.463 e. The van der Waals surface area contributed by atoms with E-state index in [1.54, 1.807) is 4.68 Å². The molecule has 4 rings (SSSR count). The second-order valence-corrected chi connectivity index (χ2v) is 43.9. The summed E-state index contributed by atoms with van der Waals surface area (Å²) in [4.78, 5) is 77.9. The number of azo groups is 1. The van der Waals surface area contributed by atoms with Gasteiger partial charge in [-0.2, -0.15) is 10.2 Å². The Morgan fingerprint density at radius 3 is 1.36 bits per heavy atom. The highest BCUT2D eigenvalue weighted by molar-refractivity contribution is 5.71. The lowest BCUT2D eigenvalue weighted by Gasteiger charge is -2.33. The van der Waals surface area contributed by atoms with E-state index in [9.17, 15) is 44.1 Å². The Balaban J connectivity index is 1.38. The minimum absolute atomic E-state index is 0.0240. The van der Waals surface area contributed by atoms with Crippen molar-refractivity contribution in [3.05, 3.63) is 71.7 Å². The predicted molar refractivity (Wildman–Crippen MR) is 527 cm³/mol. The van der Waals surface area contributed by atoms with Gasteiger partial charge in [-0.25, -0.2) is 9.48 Å². The summed E-state index contributed by atoms with van der Waals surface area (Å²) in [7, 11) is 0. The molecule has 0 radical (unpaired) electrons. The van der Waals surface area contributed by atoms with Crippen molar-refractivity contribution in [2.75, 3.05) is 139 Å². The number of aromatic nitrogens is 3. The van der Waals surface area contributed by atoms with Crippen LogP contribution >= 0.6 is 0 Å². The first-order valence-electron chi connectivity index (χ1n) is 51.7. The number of carbonyl (C=O) groups excluding carboxylic acids is 6. The van der Waals surface area contributed by atoms with Gasteiger partial charge in [0.05, 0.1) is 146 Å². The minimum atomic E-state index is -1.25. The van der Waals surface area contributed by atoms with E-state index in [2.05, 4.69) is 131 Å². The molecule has 0 saturated heterocycles. The molecule has 1 aromatic carbocycles. The van der Waals surface area contributed by atoms with Crippen LogP contribution in [0.4, 0.5) is 4.79 Å². The van der Waals surface area contributed by atoms with Gasteiger partial charge in [-0.15, -0.1) is 5.10 Å². The Labute approximate surface area is 818 Å².